The Morgan fingerprint density at radius 1 is 1.27 bits per heavy atom. The highest BCUT2D eigenvalue weighted by Crippen LogP contribution is 2.19. The number of carbonyl (C=O) groups is 3. The summed E-state index contributed by atoms with van der Waals surface area (Å²) in [4.78, 5) is 35.5. The standard InChI is InChI=1S/C16H21NO5/c1-16(2,3)17(15(20)22-9-8-18)11-12-6-5-7-13(10-12)14(19)21-4/h5-8,10H,9,11H2,1-4H3. The summed E-state index contributed by atoms with van der Waals surface area (Å²) in [6.45, 7) is 5.55. The number of methoxy groups -OCH3 is 1. The van der Waals surface area contributed by atoms with Gasteiger partial charge in [-0.15, -0.1) is 0 Å². The van der Waals surface area contributed by atoms with Crippen molar-refractivity contribution in [1.82, 2.24) is 4.90 Å². The lowest BCUT2D eigenvalue weighted by molar-refractivity contribution is -0.110. The van der Waals surface area contributed by atoms with Gasteiger partial charge in [-0.05, 0) is 38.5 Å². The van der Waals surface area contributed by atoms with E-state index in [1.54, 1.807) is 24.3 Å². The Kier molecular flexibility index (Phi) is 6.10. The second-order valence-corrected chi connectivity index (χ2v) is 5.69. The van der Waals surface area contributed by atoms with Crippen LogP contribution < -0.4 is 0 Å². The molecule has 22 heavy (non-hydrogen) atoms. The number of aldehydes is 1. The van der Waals surface area contributed by atoms with E-state index in [2.05, 4.69) is 4.74 Å². The van der Waals surface area contributed by atoms with Crippen molar-refractivity contribution in [3.8, 4) is 0 Å². The zero-order valence-electron chi connectivity index (χ0n) is 13.3. The van der Waals surface area contributed by atoms with Crippen LogP contribution in [0.15, 0.2) is 24.3 Å². The molecule has 0 saturated heterocycles. The molecule has 0 bridgehead atoms. The third kappa shape index (κ3) is 4.87. The Labute approximate surface area is 130 Å². The molecule has 1 amide bonds. The minimum Gasteiger partial charge on any atom is -0.465 e. The fourth-order valence-electron chi connectivity index (χ4n) is 1.86. The maximum atomic E-state index is 12.1. The minimum absolute atomic E-state index is 0.256. The lowest BCUT2D eigenvalue weighted by atomic mass is 10.0. The molecule has 6 nitrogen and oxygen atoms in total. The van der Waals surface area contributed by atoms with Crippen LogP contribution in [0.5, 0.6) is 0 Å². The monoisotopic (exact) mass is 307 g/mol. The number of hydrogen-bond acceptors (Lipinski definition) is 5. The first-order chi connectivity index (χ1) is 10.3. The minimum atomic E-state index is -0.580. The number of carbonyl (C=O) groups excluding carboxylic acids is 3. The van der Waals surface area contributed by atoms with E-state index in [9.17, 15) is 14.4 Å². The highest BCUT2D eigenvalue weighted by molar-refractivity contribution is 5.89. The van der Waals surface area contributed by atoms with E-state index in [1.165, 1.54) is 12.0 Å². The van der Waals surface area contributed by atoms with Gasteiger partial charge in [0.1, 0.15) is 6.61 Å². The van der Waals surface area contributed by atoms with Crippen molar-refractivity contribution < 1.29 is 23.9 Å². The van der Waals surface area contributed by atoms with E-state index < -0.39 is 17.6 Å². The maximum absolute atomic E-state index is 12.1. The van der Waals surface area contributed by atoms with Gasteiger partial charge >= 0.3 is 12.1 Å². The van der Waals surface area contributed by atoms with Crippen LogP contribution >= 0.6 is 0 Å². The maximum Gasteiger partial charge on any atom is 0.410 e. The topological polar surface area (TPSA) is 72.9 Å². The van der Waals surface area contributed by atoms with Gasteiger partial charge in [0.25, 0.3) is 0 Å². The number of ether oxygens (including phenoxy) is 2. The highest BCUT2D eigenvalue weighted by Gasteiger charge is 2.28. The fourth-order valence-corrected chi connectivity index (χ4v) is 1.86. The zero-order chi connectivity index (χ0) is 16.8. The van der Waals surface area contributed by atoms with Crippen LogP contribution in [0, 0.1) is 0 Å². The highest BCUT2D eigenvalue weighted by atomic mass is 16.6. The lowest BCUT2D eigenvalue weighted by Gasteiger charge is -2.34. The average Bonchev–Trinajstić information content (AvgIpc) is 2.48. The summed E-state index contributed by atoms with van der Waals surface area (Å²) >= 11 is 0. The molecule has 0 fully saturated rings. The number of hydrogen-bond donors (Lipinski definition) is 0. The Bertz CT molecular complexity index is 548. The van der Waals surface area contributed by atoms with Crippen LogP contribution in [0.4, 0.5) is 4.79 Å². The number of nitrogens with zero attached hydrogens (tertiary/aromatic N) is 1. The van der Waals surface area contributed by atoms with Gasteiger partial charge in [-0.1, -0.05) is 12.1 Å². The van der Waals surface area contributed by atoms with Gasteiger partial charge in [0.2, 0.25) is 0 Å². The molecule has 0 atom stereocenters. The van der Waals surface area contributed by atoms with Gasteiger partial charge < -0.3 is 9.47 Å². The average molecular weight is 307 g/mol. The van der Waals surface area contributed by atoms with Crippen molar-refractivity contribution in [3.63, 3.8) is 0 Å². The number of rotatable bonds is 5. The molecule has 0 saturated carbocycles. The van der Waals surface area contributed by atoms with E-state index in [0.717, 1.165) is 5.56 Å². The fraction of sp³-hybridized carbons (Fsp3) is 0.438. The van der Waals surface area contributed by atoms with Gasteiger partial charge in [-0.3, -0.25) is 9.69 Å². The Balaban J connectivity index is 2.97. The summed E-state index contributed by atoms with van der Waals surface area (Å²) in [7, 11) is 1.31. The SMILES string of the molecule is COC(=O)c1cccc(CN(C(=O)OCC=O)C(C)(C)C)c1. The lowest BCUT2D eigenvalue weighted by Crippen LogP contribution is -2.45. The summed E-state index contributed by atoms with van der Waals surface area (Å²) in [5.41, 5.74) is 0.678. The second-order valence-electron chi connectivity index (χ2n) is 5.69. The van der Waals surface area contributed by atoms with E-state index >= 15 is 0 Å². The summed E-state index contributed by atoms with van der Waals surface area (Å²) in [6, 6.07) is 6.83. The van der Waals surface area contributed by atoms with E-state index in [0.29, 0.717) is 11.8 Å². The first-order valence-corrected chi connectivity index (χ1v) is 6.85. The molecule has 1 rings (SSSR count). The van der Waals surface area contributed by atoms with Crippen molar-refractivity contribution in [2.45, 2.75) is 32.9 Å². The van der Waals surface area contributed by atoms with E-state index in [1.807, 2.05) is 20.8 Å². The van der Waals surface area contributed by atoms with Crippen molar-refractivity contribution >= 4 is 18.3 Å². The van der Waals surface area contributed by atoms with Crippen molar-refractivity contribution in [2.24, 2.45) is 0 Å². The molecular weight excluding hydrogens is 286 g/mol. The van der Waals surface area contributed by atoms with Crippen molar-refractivity contribution in [2.75, 3.05) is 13.7 Å². The number of esters is 1. The second kappa shape index (κ2) is 7.59. The molecular formula is C16H21NO5. The smallest absolute Gasteiger partial charge is 0.410 e. The van der Waals surface area contributed by atoms with Crippen LogP contribution in [0.2, 0.25) is 0 Å². The van der Waals surface area contributed by atoms with Gasteiger partial charge in [-0.2, -0.15) is 0 Å². The number of amides is 1. The van der Waals surface area contributed by atoms with Crippen LogP contribution in [0.25, 0.3) is 0 Å². The van der Waals surface area contributed by atoms with Crippen molar-refractivity contribution in [3.05, 3.63) is 35.4 Å². The molecule has 0 spiro atoms. The quantitative estimate of drug-likeness (QED) is 0.617. The molecule has 6 heteroatoms. The van der Waals surface area contributed by atoms with Crippen LogP contribution in [-0.4, -0.2) is 42.5 Å². The molecule has 0 aliphatic heterocycles. The largest absolute Gasteiger partial charge is 0.465 e. The summed E-state index contributed by atoms with van der Waals surface area (Å²) in [6.07, 6.45) is -0.0561. The Morgan fingerprint density at radius 3 is 2.50 bits per heavy atom. The molecule has 0 aliphatic carbocycles. The third-order valence-electron chi connectivity index (χ3n) is 2.99. The van der Waals surface area contributed by atoms with Crippen LogP contribution in [-0.2, 0) is 20.8 Å². The predicted molar refractivity (Wildman–Crippen MR) is 80.5 cm³/mol. The normalized spacial score (nSPS) is 10.7. The summed E-state index contributed by atoms with van der Waals surface area (Å²) in [5.74, 6) is -0.437. The number of benzene rings is 1. The molecule has 0 heterocycles. The van der Waals surface area contributed by atoms with Gasteiger partial charge in [0, 0.05) is 12.1 Å². The molecule has 1 aromatic rings. The molecule has 0 N–H and O–H groups in total. The molecule has 0 radical (unpaired) electrons. The zero-order valence-corrected chi connectivity index (χ0v) is 13.3. The molecule has 1 aromatic carbocycles. The first kappa shape index (κ1) is 17.7. The Hall–Kier alpha value is -2.37. The summed E-state index contributed by atoms with van der Waals surface area (Å²) in [5, 5.41) is 0. The molecule has 0 aromatic heterocycles. The summed E-state index contributed by atoms with van der Waals surface area (Å²) < 4.78 is 9.56. The third-order valence-corrected chi connectivity index (χ3v) is 2.99. The van der Waals surface area contributed by atoms with Crippen LogP contribution in [0.3, 0.4) is 0 Å². The predicted octanol–water partition coefficient (Wildman–Crippen LogP) is 2.41. The van der Waals surface area contributed by atoms with Gasteiger partial charge in [-0.25, -0.2) is 9.59 Å². The van der Waals surface area contributed by atoms with Crippen LogP contribution in [0.1, 0.15) is 36.7 Å². The molecule has 0 unspecified atom stereocenters. The van der Waals surface area contributed by atoms with Gasteiger partial charge in [0.15, 0.2) is 6.29 Å². The molecule has 0 aliphatic rings. The van der Waals surface area contributed by atoms with E-state index in [4.69, 9.17) is 4.74 Å². The molecule has 120 valence electrons. The Morgan fingerprint density at radius 2 is 1.95 bits per heavy atom. The van der Waals surface area contributed by atoms with Gasteiger partial charge in [0.05, 0.1) is 12.7 Å². The van der Waals surface area contributed by atoms with E-state index in [-0.39, 0.29) is 13.2 Å². The van der Waals surface area contributed by atoms with Crippen molar-refractivity contribution in [1.29, 1.82) is 0 Å². The first-order valence-electron chi connectivity index (χ1n) is 6.85.